The lowest BCUT2D eigenvalue weighted by Crippen LogP contribution is -2.58. The number of amides is 2. The molecule has 2 aromatic carbocycles. The summed E-state index contributed by atoms with van der Waals surface area (Å²) in [6.07, 6.45) is -13.3. The van der Waals surface area contributed by atoms with Gasteiger partial charge in [-0.1, -0.05) is 55.3 Å². The lowest BCUT2D eigenvalue weighted by atomic mass is 9.80. The number of urea groups is 1. The Morgan fingerprint density at radius 3 is 2.17 bits per heavy atom. The maximum atomic E-state index is 14.9. The zero-order chi connectivity index (χ0) is 31.5. The summed E-state index contributed by atoms with van der Waals surface area (Å²) < 4.78 is 113. The standard InChI is InChI=1S/C28H26ClF8N3O2/c1-15(2)23(27(33,34)35)39-25(41)40-26(22-9-8-19(29)14-38-22,13-17-6-4-16(3)5-7-17)18-10-20(30)12-21(11-18)42-28(36,37)24(31)32/h4-12,14-15,23-24H,13H2,1-3H3,(H2,39,40,41). The van der Waals surface area contributed by atoms with E-state index in [0.29, 0.717) is 11.6 Å². The van der Waals surface area contributed by atoms with Gasteiger partial charge in [0.2, 0.25) is 0 Å². The maximum absolute atomic E-state index is 14.9. The first-order chi connectivity index (χ1) is 19.4. The number of hydrogen-bond acceptors (Lipinski definition) is 3. The molecule has 14 heteroatoms. The number of ether oxygens (including phenoxy) is 1. The monoisotopic (exact) mass is 623 g/mol. The van der Waals surface area contributed by atoms with Crippen molar-refractivity contribution in [3.05, 3.63) is 94.0 Å². The van der Waals surface area contributed by atoms with Crippen LogP contribution in [0, 0.1) is 18.7 Å². The van der Waals surface area contributed by atoms with Gasteiger partial charge in [-0.3, -0.25) is 4.98 Å². The molecule has 0 radical (unpaired) electrons. The lowest BCUT2D eigenvalue weighted by Gasteiger charge is -2.37. The molecule has 2 unspecified atom stereocenters. The summed E-state index contributed by atoms with van der Waals surface area (Å²) in [4.78, 5) is 17.4. The molecule has 2 atom stereocenters. The minimum absolute atomic E-state index is 0.0899. The second-order valence-electron chi connectivity index (χ2n) is 9.93. The molecule has 0 bridgehead atoms. The molecule has 228 valence electrons. The molecule has 0 fully saturated rings. The molecule has 1 aromatic heterocycles. The van der Waals surface area contributed by atoms with Crippen molar-refractivity contribution in [2.24, 2.45) is 5.92 Å². The molecule has 42 heavy (non-hydrogen) atoms. The van der Waals surface area contributed by atoms with Gasteiger partial charge in [0.25, 0.3) is 0 Å². The zero-order valence-corrected chi connectivity index (χ0v) is 23.1. The Bertz CT molecular complexity index is 1370. The average molecular weight is 624 g/mol. The molecule has 1 heterocycles. The van der Waals surface area contributed by atoms with Crippen LogP contribution in [-0.4, -0.2) is 35.8 Å². The normalized spacial score (nSPS) is 14.4. The van der Waals surface area contributed by atoms with Crippen LogP contribution in [-0.2, 0) is 12.0 Å². The van der Waals surface area contributed by atoms with Crippen molar-refractivity contribution in [2.75, 3.05) is 0 Å². The number of nitrogens with one attached hydrogen (secondary N) is 2. The number of benzene rings is 2. The molecule has 3 rings (SSSR count). The Morgan fingerprint density at radius 1 is 1.00 bits per heavy atom. The lowest BCUT2D eigenvalue weighted by molar-refractivity contribution is -0.253. The second-order valence-corrected chi connectivity index (χ2v) is 10.4. The number of pyridine rings is 1. The Balaban J connectivity index is 2.26. The quantitative estimate of drug-likeness (QED) is 0.227. The molecule has 2 N–H and O–H groups in total. The molecular weight excluding hydrogens is 598 g/mol. The number of aromatic nitrogens is 1. The van der Waals surface area contributed by atoms with Crippen LogP contribution in [0.3, 0.4) is 0 Å². The van der Waals surface area contributed by atoms with Gasteiger partial charge in [-0.15, -0.1) is 0 Å². The number of halogens is 9. The van der Waals surface area contributed by atoms with Crippen LogP contribution in [0.4, 0.5) is 39.9 Å². The fraction of sp³-hybridized carbons (Fsp3) is 0.357. The molecule has 3 aromatic rings. The van der Waals surface area contributed by atoms with E-state index in [4.69, 9.17) is 11.6 Å². The van der Waals surface area contributed by atoms with Gasteiger partial charge >= 0.3 is 24.7 Å². The van der Waals surface area contributed by atoms with E-state index in [-0.39, 0.29) is 22.7 Å². The van der Waals surface area contributed by atoms with Gasteiger partial charge in [-0.05, 0) is 48.2 Å². The van der Waals surface area contributed by atoms with Crippen LogP contribution in [0.1, 0.15) is 36.2 Å². The number of carbonyl (C=O) groups excluding carboxylic acids is 1. The van der Waals surface area contributed by atoms with Crippen LogP contribution in [0.25, 0.3) is 0 Å². The Labute approximate surface area is 241 Å². The molecule has 0 spiro atoms. The summed E-state index contributed by atoms with van der Waals surface area (Å²) in [6.45, 7) is 4.25. The molecule has 2 amide bonds. The van der Waals surface area contributed by atoms with Crippen LogP contribution < -0.4 is 15.4 Å². The Hall–Kier alpha value is -3.61. The van der Waals surface area contributed by atoms with E-state index in [1.807, 2.05) is 5.32 Å². The predicted molar refractivity (Wildman–Crippen MR) is 139 cm³/mol. The van der Waals surface area contributed by atoms with Crippen LogP contribution in [0.15, 0.2) is 60.8 Å². The average Bonchev–Trinajstić information content (AvgIpc) is 2.87. The van der Waals surface area contributed by atoms with Crippen molar-refractivity contribution in [1.29, 1.82) is 0 Å². The van der Waals surface area contributed by atoms with E-state index >= 15 is 0 Å². The van der Waals surface area contributed by atoms with Gasteiger partial charge < -0.3 is 15.4 Å². The molecule has 0 aliphatic rings. The number of rotatable bonds is 10. The summed E-state index contributed by atoms with van der Waals surface area (Å²) in [7, 11) is 0. The van der Waals surface area contributed by atoms with Crippen molar-refractivity contribution in [3.8, 4) is 5.75 Å². The topological polar surface area (TPSA) is 63.2 Å². The number of nitrogens with zero attached hydrogens (tertiary/aromatic N) is 1. The van der Waals surface area contributed by atoms with Gasteiger partial charge in [-0.25, -0.2) is 9.18 Å². The molecule has 0 saturated heterocycles. The van der Waals surface area contributed by atoms with Gasteiger partial charge in [0.15, 0.2) is 0 Å². The fourth-order valence-electron chi connectivity index (χ4n) is 4.23. The minimum Gasteiger partial charge on any atom is -0.428 e. The predicted octanol–water partition coefficient (Wildman–Crippen LogP) is 7.79. The van der Waals surface area contributed by atoms with E-state index in [0.717, 1.165) is 23.9 Å². The fourth-order valence-corrected chi connectivity index (χ4v) is 4.34. The highest BCUT2D eigenvalue weighted by Crippen LogP contribution is 2.37. The first-order valence-electron chi connectivity index (χ1n) is 12.4. The largest absolute Gasteiger partial charge is 0.461 e. The second kappa shape index (κ2) is 12.7. The van der Waals surface area contributed by atoms with Gasteiger partial charge in [0, 0.05) is 18.7 Å². The number of alkyl halides is 7. The summed E-state index contributed by atoms with van der Waals surface area (Å²) >= 11 is 5.98. The van der Waals surface area contributed by atoms with E-state index < -0.39 is 53.8 Å². The highest BCUT2D eigenvalue weighted by Gasteiger charge is 2.46. The summed E-state index contributed by atoms with van der Waals surface area (Å²) in [5, 5.41) is 4.43. The third-order valence-electron chi connectivity index (χ3n) is 6.26. The Morgan fingerprint density at radius 2 is 1.64 bits per heavy atom. The van der Waals surface area contributed by atoms with Crippen molar-refractivity contribution < 1.29 is 44.7 Å². The molecule has 0 aliphatic heterocycles. The smallest absolute Gasteiger partial charge is 0.428 e. The van der Waals surface area contributed by atoms with E-state index in [2.05, 4.69) is 15.0 Å². The van der Waals surface area contributed by atoms with Crippen molar-refractivity contribution >= 4 is 17.6 Å². The molecule has 0 saturated carbocycles. The first kappa shape index (κ1) is 32.9. The third-order valence-corrected chi connectivity index (χ3v) is 6.48. The van der Waals surface area contributed by atoms with Crippen LogP contribution in [0.2, 0.25) is 5.02 Å². The number of carbonyl (C=O) groups is 1. The number of aryl methyl sites for hydroxylation is 1. The van der Waals surface area contributed by atoms with E-state index in [1.165, 1.54) is 26.0 Å². The summed E-state index contributed by atoms with van der Waals surface area (Å²) in [6, 6.07) is 7.57. The van der Waals surface area contributed by atoms with E-state index in [9.17, 15) is 39.9 Å². The van der Waals surface area contributed by atoms with Crippen molar-refractivity contribution in [2.45, 2.75) is 57.5 Å². The van der Waals surface area contributed by atoms with Crippen LogP contribution >= 0.6 is 11.6 Å². The van der Waals surface area contributed by atoms with Crippen molar-refractivity contribution in [1.82, 2.24) is 15.6 Å². The summed E-state index contributed by atoms with van der Waals surface area (Å²) in [5.41, 5.74) is -1.20. The SMILES string of the molecule is Cc1ccc(CC(NC(=O)NC(C(C)C)C(F)(F)F)(c2cc(F)cc(OC(F)(F)C(F)F)c2)c2ccc(Cl)cn2)cc1. The third kappa shape index (κ3) is 8.02. The highest BCUT2D eigenvalue weighted by molar-refractivity contribution is 6.30. The molecular formula is C28H26ClF8N3O2. The van der Waals surface area contributed by atoms with Gasteiger partial charge in [-0.2, -0.15) is 30.7 Å². The minimum atomic E-state index is -5.01. The highest BCUT2D eigenvalue weighted by atomic mass is 35.5. The Kier molecular flexibility index (Phi) is 9.96. The number of hydrogen-bond donors (Lipinski definition) is 2. The van der Waals surface area contributed by atoms with Gasteiger partial charge in [0.1, 0.15) is 23.1 Å². The maximum Gasteiger partial charge on any atom is 0.461 e. The van der Waals surface area contributed by atoms with Crippen LogP contribution in [0.5, 0.6) is 5.75 Å². The van der Waals surface area contributed by atoms with Gasteiger partial charge in [0.05, 0.1) is 10.7 Å². The summed E-state index contributed by atoms with van der Waals surface area (Å²) in [5.74, 6) is -3.36. The molecule has 0 aliphatic carbocycles. The van der Waals surface area contributed by atoms with Crippen molar-refractivity contribution in [3.63, 3.8) is 0 Å². The van der Waals surface area contributed by atoms with E-state index in [1.54, 1.807) is 31.2 Å². The zero-order valence-electron chi connectivity index (χ0n) is 22.4. The molecule has 5 nitrogen and oxygen atoms in total. The first-order valence-corrected chi connectivity index (χ1v) is 12.8.